The third-order valence-electron chi connectivity index (χ3n) is 7.76. The Morgan fingerprint density at radius 3 is 2.54 bits per heavy atom. The van der Waals surface area contributed by atoms with Crippen molar-refractivity contribution in [1.29, 1.82) is 0 Å². The first-order valence-electron chi connectivity index (χ1n) is 12.8. The summed E-state index contributed by atoms with van der Waals surface area (Å²) in [6, 6.07) is 10.5. The van der Waals surface area contributed by atoms with E-state index in [-0.39, 0.29) is 10.7 Å². The Morgan fingerprint density at radius 1 is 1.03 bits per heavy atom. The van der Waals surface area contributed by atoms with Gasteiger partial charge in [-0.05, 0) is 62.0 Å². The van der Waals surface area contributed by atoms with Gasteiger partial charge in [-0.15, -0.1) is 0 Å². The largest absolute Gasteiger partial charge is 0.417 e. The molecule has 1 aliphatic rings. The van der Waals surface area contributed by atoms with Gasteiger partial charge in [-0.1, -0.05) is 32.9 Å². The van der Waals surface area contributed by atoms with Crippen LogP contribution in [0.1, 0.15) is 58.3 Å². The van der Waals surface area contributed by atoms with E-state index in [0.717, 1.165) is 66.7 Å². The van der Waals surface area contributed by atoms with Gasteiger partial charge in [-0.3, -0.25) is 14.1 Å². The van der Waals surface area contributed by atoms with E-state index in [9.17, 15) is 4.79 Å². The second-order valence-corrected chi connectivity index (χ2v) is 16.1. The molecule has 4 aromatic rings. The van der Waals surface area contributed by atoms with Gasteiger partial charge < -0.3 is 8.99 Å². The van der Waals surface area contributed by atoms with Crippen LogP contribution in [0.5, 0.6) is 0 Å². The maximum Gasteiger partial charge on any atom is 0.329 e. The molecule has 1 fully saturated rings. The van der Waals surface area contributed by atoms with Crippen molar-refractivity contribution >= 4 is 30.4 Å². The molecule has 0 radical (unpaired) electrons. The maximum atomic E-state index is 13.4. The third kappa shape index (κ3) is 4.61. The lowest BCUT2D eigenvalue weighted by molar-refractivity contribution is 0.276. The van der Waals surface area contributed by atoms with E-state index in [1.54, 1.807) is 12.4 Å². The van der Waals surface area contributed by atoms with E-state index in [4.69, 9.17) is 9.41 Å². The molecule has 3 aromatic heterocycles. The van der Waals surface area contributed by atoms with Gasteiger partial charge in [0, 0.05) is 25.4 Å². The molecule has 0 unspecified atom stereocenters. The Hall–Kier alpha value is -2.71. The Labute approximate surface area is 207 Å². The molecule has 0 saturated heterocycles. The predicted molar refractivity (Wildman–Crippen MR) is 143 cm³/mol. The Kier molecular flexibility index (Phi) is 6.21. The van der Waals surface area contributed by atoms with Crippen LogP contribution in [0.15, 0.2) is 47.5 Å². The Balaban J connectivity index is 1.39. The molecular weight excluding hydrogens is 454 g/mol. The SMILES string of the molecule is CC(C)(C)[Si](C)(C)OCCCCn1c(Cn2c(=O)n(C3CC3)c3ccncc32)nc2ccccc21. The zero-order valence-electron chi connectivity index (χ0n) is 21.6. The monoisotopic (exact) mass is 491 g/mol. The highest BCUT2D eigenvalue weighted by molar-refractivity contribution is 6.74. The van der Waals surface area contributed by atoms with E-state index in [2.05, 4.69) is 55.5 Å². The van der Waals surface area contributed by atoms with Crippen molar-refractivity contribution in [1.82, 2.24) is 23.7 Å². The Morgan fingerprint density at radius 2 is 1.80 bits per heavy atom. The summed E-state index contributed by atoms with van der Waals surface area (Å²) < 4.78 is 12.5. The summed E-state index contributed by atoms with van der Waals surface area (Å²) >= 11 is 0. The third-order valence-corrected chi connectivity index (χ3v) is 12.3. The average Bonchev–Trinajstić information content (AvgIpc) is 3.53. The number of unbranched alkanes of at least 4 members (excludes halogenated alkanes) is 1. The van der Waals surface area contributed by atoms with E-state index in [1.807, 2.05) is 27.3 Å². The van der Waals surface area contributed by atoms with E-state index in [1.165, 1.54) is 0 Å². The fourth-order valence-electron chi connectivity index (χ4n) is 4.52. The second kappa shape index (κ2) is 9.06. The number of hydrogen-bond acceptors (Lipinski definition) is 4. The minimum Gasteiger partial charge on any atom is -0.417 e. The summed E-state index contributed by atoms with van der Waals surface area (Å²) in [5.74, 6) is 0.914. The highest BCUT2D eigenvalue weighted by Crippen LogP contribution is 2.37. The van der Waals surface area contributed by atoms with Crippen LogP contribution in [0.25, 0.3) is 22.1 Å². The molecule has 0 atom stereocenters. The smallest absolute Gasteiger partial charge is 0.329 e. The van der Waals surface area contributed by atoms with Crippen LogP contribution in [0.4, 0.5) is 0 Å². The van der Waals surface area contributed by atoms with Crippen LogP contribution in [-0.4, -0.2) is 38.6 Å². The highest BCUT2D eigenvalue weighted by atomic mass is 28.4. The first kappa shape index (κ1) is 24.0. The predicted octanol–water partition coefficient (Wildman–Crippen LogP) is 5.73. The number of aromatic nitrogens is 5. The van der Waals surface area contributed by atoms with Gasteiger partial charge in [0.1, 0.15) is 5.82 Å². The molecule has 186 valence electrons. The van der Waals surface area contributed by atoms with Crippen LogP contribution in [-0.2, 0) is 17.5 Å². The van der Waals surface area contributed by atoms with Crippen LogP contribution < -0.4 is 5.69 Å². The number of hydrogen-bond donors (Lipinski definition) is 0. The first-order chi connectivity index (χ1) is 16.7. The number of nitrogens with zero attached hydrogens (tertiary/aromatic N) is 5. The number of benzene rings is 1. The molecule has 1 aromatic carbocycles. The summed E-state index contributed by atoms with van der Waals surface area (Å²) in [7, 11) is -1.73. The van der Waals surface area contributed by atoms with Gasteiger partial charge in [0.25, 0.3) is 0 Å². The molecule has 8 heteroatoms. The minimum absolute atomic E-state index is 0.0388. The van der Waals surface area contributed by atoms with Gasteiger partial charge in [-0.2, -0.15) is 0 Å². The topological polar surface area (TPSA) is 66.9 Å². The zero-order chi connectivity index (χ0) is 24.8. The molecule has 0 bridgehead atoms. The van der Waals surface area contributed by atoms with Gasteiger partial charge in [-0.25, -0.2) is 9.78 Å². The fraction of sp³-hybridized carbons (Fsp3) is 0.519. The number of pyridine rings is 1. The summed E-state index contributed by atoms with van der Waals surface area (Å²) in [6.45, 7) is 13.5. The lowest BCUT2D eigenvalue weighted by atomic mass is 10.2. The Bertz CT molecular complexity index is 1400. The minimum atomic E-state index is -1.73. The van der Waals surface area contributed by atoms with Crippen molar-refractivity contribution in [3.63, 3.8) is 0 Å². The standard InChI is InChI=1S/C27H37N5O2Si/c1-27(2,3)35(4,5)34-17-9-8-16-30-22-11-7-6-10-21(22)29-25(30)19-31-24-18-28-15-14-23(24)32(26(31)33)20-12-13-20/h6-7,10-11,14-15,18,20H,8-9,12-13,16-17,19H2,1-5H3. The molecule has 7 nitrogen and oxygen atoms in total. The highest BCUT2D eigenvalue weighted by Gasteiger charge is 2.36. The molecular formula is C27H37N5O2Si. The number of fused-ring (bicyclic) bond motifs is 2. The lowest BCUT2D eigenvalue weighted by Gasteiger charge is -2.36. The normalized spacial score (nSPS) is 14.9. The van der Waals surface area contributed by atoms with E-state index >= 15 is 0 Å². The van der Waals surface area contributed by atoms with Gasteiger partial charge in [0.15, 0.2) is 8.32 Å². The molecule has 3 heterocycles. The van der Waals surface area contributed by atoms with Crippen molar-refractivity contribution in [2.45, 2.75) is 83.7 Å². The number of rotatable bonds is 9. The van der Waals surface area contributed by atoms with E-state index in [0.29, 0.717) is 12.6 Å². The molecule has 1 saturated carbocycles. The maximum absolute atomic E-state index is 13.4. The molecule has 35 heavy (non-hydrogen) atoms. The van der Waals surface area contributed by atoms with Crippen LogP contribution in [0.2, 0.25) is 18.1 Å². The molecule has 0 N–H and O–H groups in total. The van der Waals surface area contributed by atoms with Crippen molar-refractivity contribution < 1.29 is 4.43 Å². The number of aryl methyl sites for hydroxylation is 1. The fourth-order valence-corrected chi connectivity index (χ4v) is 5.61. The van der Waals surface area contributed by atoms with Crippen LogP contribution >= 0.6 is 0 Å². The summed E-state index contributed by atoms with van der Waals surface area (Å²) in [4.78, 5) is 22.7. The zero-order valence-corrected chi connectivity index (χ0v) is 22.6. The molecule has 0 spiro atoms. The molecule has 0 amide bonds. The van der Waals surface area contributed by atoms with E-state index < -0.39 is 8.32 Å². The molecule has 5 rings (SSSR count). The first-order valence-corrected chi connectivity index (χ1v) is 15.7. The van der Waals surface area contributed by atoms with Gasteiger partial charge in [0.2, 0.25) is 0 Å². The van der Waals surface area contributed by atoms with Crippen LogP contribution in [0, 0.1) is 0 Å². The van der Waals surface area contributed by atoms with Gasteiger partial charge in [0.05, 0.1) is 34.8 Å². The van der Waals surface area contributed by atoms with Crippen molar-refractivity contribution in [2.24, 2.45) is 0 Å². The molecule has 1 aliphatic carbocycles. The summed E-state index contributed by atoms with van der Waals surface area (Å²) in [5, 5.41) is 0.225. The lowest BCUT2D eigenvalue weighted by Crippen LogP contribution is -2.40. The van der Waals surface area contributed by atoms with Crippen molar-refractivity contribution in [3.8, 4) is 0 Å². The quantitative estimate of drug-likeness (QED) is 0.221. The number of imidazole rings is 2. The van der Waals surface area contributed by atoms with Crippen LogP contribution in [0.3, 0.4) is 0 Å². The van der Waals surface area contributed by atoms with Gasteiger partial charge >= 0.3 is 5.69 Å². The average molecular weight is 492 g/mol. The van der Waals surface area contributed by atoms with Crippen molar-refractivity contribution in [3.05, 3.63) is 59.0 Å². The molecule has 0 aliphatic heterocycles. The second-order valence-electron chi connectivity index (χ2n) is 11.3. The summed E-state index contributed by atoms with van der Waals surface area (Å²) in [5.41, 5.74) is 3.97. The summed E-state index contributed by atoms with van der Waals surface area (Å²) in [6.07, 6.45) is 7.71. The van der Waals surface area contributed by atoms with Crippen molar-refractivity contribution in [2.75, 3.05) is 6.61 Å². The number of para-hydroxylation sites is 2.